The molecule has 2 unspecified atom stereocenters. The first-order valence-corrected chi connectivity index (χ1v) is 11.1. The summed E-state index contributed by atoms with van der Waals surface area (Å²) in [6.45, 7) is 0. The van der Waals surface area contributed by atoms with Crippen molar-refractivity contribution in [1.82, 2.24) is 5.32 Å². The van der Waals surface area contributed by atoms with Gasteiger partial charge in [0.15, 0.2) is 11.9 Å². The molecule has 1 amide bonds. The largest absolute Gasteiger partial charge is 0.479 e. The average Bonchev–Trinajstić information content (AvgIpc) is 3.44. The Morgan fingerprint density at radius 3 is 2.48 bits per heavy atom. The molecule has 176 valence electrons. The summed E-state index contributed by atoms with van der Waals surface area (Å²) >= 11 is 12.4. The van der Waals surface area contributed by atoms with Gasteiger partial charge in [0.2, 0.25) is 6.41 Å². The Morgan fingerprint density at radius 1 is 1.27 bits per heavy atom. The second-order valence-electron chi connectivity index (χ2n) is 7.55. The summed E-state index contributed by atoms with van der Waals surface area (Å²) in [4.78, 5) is 28.2. The number of thiophene rings is 1. The molecule has 6 nitrogen and oxygen atoms in total. The first kappa shape index (κ1) is 23.8. The van der Waals surface area contributed by atoms with Crippen LogP contribution in [0.4, 0.5) is 17.6 Å². The number of hydrogen-bond acceptors (Lipinski definition) is 5. The van der Waals surface area contributed by atoms with Crippen LogP contribution in [0.1, 0.15) is 45.3 Å². The summed E-state index contributed by atoms with van der Waals surface area (Å²) < 4.78 is 56.6. The number of halogens is 6. The molecule has 0 fully saturated rings. The highest BCUT2D eigenvalue weighted by atomic mass is 35.5. The highest BCUT2D eigenvalue weighted by Gasteiger charge is 2.63. The molecule has 0 bridgehead atoms. The van der Waals surface area contributed by atoms with Gasteiger partial charge in [-0.3, -0.25) is 4.79 Å². The molecule has 13 heteroatoms. The average molecular weight is 525 g/mol. The van der Waals surface area contributed by atoms with Gasteiger partial charge in [0.05, 0.1) is 21.3 Å². The summed E-state index contributed by atoms with van der Waals surface area (Å²) in [6.07, 6.45) is -3.75. The van der Waals surface area contributed by atoms with Gasteiger partial charge < -0.3 is 15.3 Å². The normalized spacial score (nSPS) is 20.7. The number of carboxylic acid groups (broad SMARTS) is 1. The van der Waals surface area contributed by atoms with Gasteiger partial charge in [-0.05, 0) is 42.5 Å². The smallest absolute Gasteiger partial charge is 0.435 e. The number of aliphatic carboxylic acids is 1. The molecule has 33 heavy (non-hydrogen) atoms. The molecule has 2 heterocycles. The van der Waals surface area contributed by atoms with Crippen molar-refractivity contribution < 1.29 is 37.1 Å². The van der Waals surface area contributed by atoms with Gasteiger partial charge in [-0.25, -0.2) is 9.18 Å². The molecule has 2 atom stereocenters. The van der Waals surface area contributed by atoms with Crippen LogP contribution in [0.5, 0.6) is 0 Å². The van der Waals surface area contributed by atoms with Crippen molar-refractivity contribution in [3.05, 3.63) is 54.4 Å². The van der Waals surface area contributed by atoms with Crippen molar-refractivity contribution in [2.75, 3.05) is 0 Å². The van der Waals surface area contributed by atoms with E-state index in [1.54, 1.807) is 0 Å². The van der Waals surface area contributed by atoms with Gasteiger partial charge in [-0.1, -0.05) is 28.4 Å². The molecule has 1 aliphatic carbocycles. The summed E-state index contributed by atoms with van der Waals surface area (Å²) in [6, 6.07) is 0.263. The minimum absolute atomic E-state index is 0.0338. The minimum Gasteiger partial charge on any atom is -0.479 e. The van der Waals surface area contributed by atoms with E-state index in [4.69, 9.17) is 28.0 Å². The van der Waals surface area contributed by atoms with Crippen molar-refractivity contribution in [3.63, 3.8) is 0 Å². The maximum absolute atomic E-state index is 14.3. The number of oxime groups is 1. The lowest BCUT2D eigenvalue weighted by Gasteiger charge is -2.29. The number of carbonyl (C=O) groups excluding carboxylic acids is 1. The molecule has 0 spiro atoms. The summed E-state index contributed by atoms with van der Waals surface area (Å²) in [7, 11) is 0. The van der Waals surface area contributed by atoms with Gasteiger partial charge >= 0.3 is 12.1 Å². The van der Waals surface area contributed by atoms with E-state index in [0.717, 1.165) is 23.5 Å². The van der Waals surface area contributed by atoms with Crippen LogP contribution in [0.25, 0.3) is 0 Å². The molecule has 4 rings (SSSR count). The van der Waals surface area contributed by atoms with Crippen LogP contribution in [-0.2, 0) is 32.9 Å². The van der Waals surface area contributed by atoms with E-state index < -0.39 is 51.6 Å². The fourth-order valence-electron chi connectivity index (χ4n) is 4.11. The van der Waals surface area contributed by atoms with E-state index in [1.807, 2.05) is 0 Å². The van der Waals surface area contributed by atoms with Gasteiger partial charge in [-0.15, -0.1) is 11.3 Å². The van der Waals surface area contributed by atoms with Crippen molar-refractivity contribution >= 4 is 52.6 Å². The van der Waals surface area contributed by atoms with E-state index in [-0.39, 0.29) is 12.1 Å². The highest BCUT2D eigenvalue weighted by molar-refractivity contribution is 7.14. The second-order valence-corrected chi connectivity index (χ2v) is 9.41. The van der Waals surface area contributed by atoms with Gasteiger partial charge in [-0.2, -0.15) is 13.2 Å². The fourth-order valence-corrected chi connectivity index (χ4v) is 6.02. The van der Waals surface area contributed by atoms with Crippen molar-refractivity contribution in [2.45, 2.75) is 43.5 Å². The SMILES string of the molecule is O=CNC(C(=O)O)c1sc(C2=NOC(c3cc(Cl)c(F)c(Cl)c3)(C(F)(F)F)C2)c2c1CCC2. The predicted molar refractivity (Wildman–Crippen MR) is 112 cm³/mol. The molecule has 2 aromatic rings. The minimum atomic E-state index is -4.96. The molecule has 0 saturated heterocycles. The molecular weight excluding hydrogens is 511 g/mol. The zero-order valence-electron chi connectivity index (χ0n) is 16.4. The van der Waals surface area contributed by atoms with Crippen LogP contribution in [0.15, 0.2) is 17.3 Å². The fraction of sp³-hybridized carbons (Fsp3) is 0.350. The Balaban J connectivity index is 1.78. The second kappa shape index (κ2) is 8.44. The van der Waals surface area contributed by atoms with Crippen LogP contribution in [0.3, 0.4) is 0 Å². The first-order valence-electron chi connectivity index (χ1n) is 9.54. The van der Waals surface area contributed by atoms with Crippen LogP contribution >= 0.6 is 34.5 Å². The Morgan fingerprint density at radius 2 is 1.91 bits per heavy atom. The van der Waals surface area contributed by atoms with Crippen LogP contribution in [0.2, 0.25) is 10.0 Å². The first-order chi connectivity index (χ1) is 15.5. The number of carboxylic acids is 1. The van der Waals surface area contributed by atoms with E-state index in [2.05, 4.69) is 10.5 Å². The standard InChI is InChI=1S/C20H14Cl2F4N2O4S/c21-11-4-8(5-12(22)14(11)23)19(20(24,25)26)6-13(28-32-19)16-9-2-1-3-10(9)17(33-16)15(18(30)31)27-7-29/h4-5,7,15H,1-3,6H2,(H,27,29)(H,30,31). The lowest BCUT2D eigenvalue weighted by atomic mass is 9.87. The van der Waals surface area contributed by atoms with Gasteiger partial charge in [0, 0.05) is 10.4 Å². The van der Waals surface area contributed by atoms with E-state index in [0.29, 0.717) is 40.1 Å². The van der Waals surface area contributed by atoms with Crippen molar-refractivity contribution in [2.24, 2.45) is 5.16 Å². The van der Waals surface area contributed by atoms with Gasteiger partial charge in [0.1, 0.15) is 5.71 Å². The molecule has 1 aromatic heterocycles. The monoisotopic (exact) mass is 524 g/mol. The Hall–Kier alpha value is -2.37. The number of fused-ring (bicyclic) bond motifs is 1. The van der Waals surface area contributed by atoms with E-state index in [9.17, 15) is 32.3 Å². The predicted octanol–water partition coefficient (Wildman–Crippen LogP) is 5.14. The molecule has 2 aliphatic rings. The number of benzene rings is 1. The number of amides is 1. The van der Waals surface area contributed by atoms with E-state index >= 15 is 0 Å². The zero-order valence-corrected chi connectivity index (χ0v) is 18.8. The number of rotatable bonds is 6. The third-order valence-corrected chi connectivity index (χ3v) is 7.58. The van der Waals surface area contributed by atoms with E-state index in [1.165, 1.54) is 0 Å². The number of carbonyl (C=O) groups is 2. The molecule has 2 N–H and O–H groups in total. The zero-order chi connectivity index (χ0) is 24.1. The van der Waals surface area contributed by atoms with Crippen molar-refractivity contribution in [3.8, 4) is 0 Å². The Kier molecular flexibility index (Phi) is 6.08. The molecule has 1 aliphatic heterocycles. The molecule has 1 aromatic carbocycles. The van der Waals surface area contributed by atoms with Crippen LogP contribution in [0, 0.1) is 5.82 Å². The number of hydrogen-bond donors (Lipinski definition) is 2. The third kappa shape index (κ3) is 3.85. The molecule has 0 radical (unpaired) electrons. The molecular formula is C20H14Cl2F4N2O4S. The maximum Gasteiger partial charge on any atom is 0.435 e. The lowest BCUT2D eigenvalue weighted by molar-refractivity contribution is -0.275. The Bertz CT molecular complexity index is 1160. The number of nitrogens with zero attached hydrogens (tertiary/aromatic N) is 1. The van der Waals surface area contributed by atoms with Crippen LogP contribution in [-0.4, -0.2) is 29.4 Å². The third-order valence-electron chi connectivity index (χ3n) is 5.64. The van der Waals surface area contributed by atoms with Crippen molar-refractivity contribution in [1.29, 1.82) is 0 Å². The lowest BCUT2D eigenvalue weighted by Crippen LogP contribution is -2.42. The number of alkyl halides is 3. The van der Waals surface area contributed by atoms with Crippen LogP contribution < -0.4 is 5.32 Å². The van der Waals surface area contributed by atoms with Gasteiger partial charge in [0.25, 0.3) is 5.60 Å². The summed E-state index contributed by atoms with van der Waals surface area (Å²) in [5.74, 6) is -2.35. The summed E-state index contributed by atoms with van der Waals surface area (Å²) in [5.41, 5.74) is -2.13. The Labute approximate surface area is 198 Å². The quantitative estimate of drug-likeness (QED) is 0.311. The summed E-state index contributed by atoms with van der Waals surface area (Å²) in [5, 5.41) is 14.3. The topological polar surface area (TPSA) is 88.0 Å². The maximum atomic E-state index is 14.3. The molecule has 0 saturated carbocycles. The number of nitrogens with one attached hydrogen (secondary N) is 1. The highest BCUT2D eigenvalue weighted by Crippen LogP contribution is 2.51.